The number of amides is 1. The summed E-state index contributed by atoms with van der Waals surface area (Å²) >= 11 is 1.34. The van der Waals surface area contributed by atoms with Crippen molar-refractivity contribution in [3.8, 4) is 11.5 Å². The molecule has 5 aromatic rings. The minimum absolute atomic E-state index is 0.145. The maximum atomic E-state index is 13.8. The van der Waals surface area contributed by atoms with Gasteiger partial charge in [0.15, 0.2) is 16.7 Å². The molecule has 40 heavy (non-hydrogen) atoms. The SMILES string of the molecule is COc1cccc(/C=C2/SC(=Nc3ccccc3)N(c3ccccc3)C2=O)c1OCc1cccc2ccccc12. The molecule has 1 aliphatic heterocycles. The average molecular weight is 543 g/mol. The van der Waals surface area contributed by atoms with Crippen LogP contribution in [0.1, 0.15) is 11.1 Å². The number of aliphatic imine (C=N–C) groups is 1. The largest absolute Gasteiger partial charge is 0.493 e. The van der Waals surface area contributed by atoms with Gasteiger partial charge in [0, 0.05) is 5.56 Å². The van der Waals surface area contributed by atoms with Crippen molar-refractivity contribution < 1.29 is 14.3 Å². The van der Waals surface area contributed by atoms with Crippen molar-refractivity contribution in [2.45, 2.75) is 6.61 Å². The number of fused-ring (bicyclic) bond motifs is 1. The normalized spacial score (nSPS) is 15.2. The van der Waals surface area contributed by atoms with Crippen molar-refractivity contribution >= 4 is 51.1 Å². The Morgan fingerprint density at radius 2 is 1.50 bits per heavy atom. The topological polar surface area (TPSA) is 51.1 Å². The summed E-state index contributed by atoms with van der Waals surface area (Å²) in [6, 6.07) is 39.3. The molecule has 5 nitrogen and oxygen atoms in total. The lowest BCUT2D eigenvalue weighted by Gasteiger charge is -2.16. The molecule has 1 saturated heterocycles. The molecular formula is C34H26N2O3S. The van der Waals surface area contributed by atoms with E-state index in [2.05, 4.69) is 24.3 Å². The Labute approximate surface area is 237 Å². The minimum Gasteiger partial charge on any atom is -0.493 e. The second-order valence-corrected chi connectivity index (χ2v) is 10.1. The zero-order valence-corrected chi connectivity index (χ0v) is 22.7. The first-order valence-corrected chi connectivity index (χ1v) is 13.7. The van der Waals surface area contributed by atoms with Crippen LogP contribution in [0.2, 0.25) is 0 Å². The average Bonchev–Trinajstić information content (AvgIpc) is 3.30. The lowest BCUT2D eigenvalue weighted by molar-refractivity contribution is -0.113. The molecule has 0 bridgehead atoms. The van der Waals surface area contributed by atoms with Gasteiger partial charge in [-0.3, -0.25) is 9.69 Å². The second kappa shape index (κ2) is 11.5. The van der Waals surface area contributed by atoms with Gasteiger partial charge in [-0.25, -0.2) is 4.99 Å². The maximum Gasteiger partial charge on any atom is 0.271 e. The van der Waals surface area contributed by atoms with E-state index in [1.54, 1.807) is 12.0 Å². The predicted octanol–water partition coefficient (Wildman–Crippen LogP) is 8.24. The number of amidine groups is 1. The van der Waals surface area contributed by atoms with E-state index in [1.165, 1.54) is 11.8 Å². The van der Waals surface area contributed by atoms with Crippen molar-refractivity contribution in [2.24, 2.45) is 4.99 Å². The Bertz CT molecular complexity index is 1730. The summed E-state index contributed by atoms with van der Waals surface area (Å²) in [5, 5.41) is 2.89. The summed E-state index contributed by atoms with van der Waals surface area (Å²) in [6.07, 6.45) is 1.86. The number of anilines is 1. The molecule has 1 fully saturated rings. The number of hydrogen-bond donors (Lipinski definition) is 0. The van der Waals surface area contributed by atoms with E-state index in [9.17, 15) is 4.79 Å². The lowest BCUT2D eigenvalue weighted by Crippen LogP contribution is -2.28. The van der Waals surface area contributed by atoms with Crippen LogP contribution in [0.15, 0.2) is 131 Å². The number of thioether (sulfide) groups is 1. The number of rotatable bonds is 7. The highest BCUT2D eigenvalue weighted by Gasteiger charge is 2.35. The van der Waals surface area contributed by atoms with Crippen molar-refractivity contribution in [1.82, 2.24) is 0 Å². The van der Waals surface area contributed by atoms with Crippen LogP contribution in [0.5, 0.6) is 11.5 Å². The van der Waals surface area contributed by atoms with Crippen molar-refractivity contribution in [1.29, 1.82) is 0 Å². The summed E-state index contributed by atoms with van der Waals surface area (Å²) in [5.41, 5.74) is 3.36. The molecular weight excluding hydrogens is 516 g/mol. The maximum absolute atomic E-state index is 13.8. The molecule has 0 spiro atoms. The van der Waals surface area contributed by atoms with Crippen molar-refractivity contribution in [3.05, 3.63) is 137 Å². The Hall–Kier alpha value is -4.81. The highest BCUT2D eigenvalue weighted by atomic mass is 32.2. The van der Waals surface area contributed by atoms with Gasteiger partial charge < -0.3 is 9.47 Å². The lowest BCUT2D eigenvalue weighted by atomic mass is 10.1. The van der Waals surface area contributed by atoms with E-state index in [-0.39, 0.29) is 5.91 Å². The van der Waals surface area contributed by atoms with Crippen molar-refractivity contribution in [3.63, 3.8) is 0 Å². The van der Waals surface area contributed by atoms with Gasteiger partial charge in [0.25, 0.3) is 5.91 Å². The van der Waals surface area contributed by atoms with Crippen LogP contribution in [-0.4, -0.2) is 18.2 Å². The molecule has 0 unspecified atom stereocenters. The van der Waals surface area contributed by atoms with E-state index in [0.717, 1.165) is 33.3 Å². The van der Waals surface area contributed by atoms with Gasteiger partial charge in [-0.05, 0) is 64.5 Å². The Morgan fingerprint density at radius 1 is 0.800 bits per heavy atom. The first-order chi connectivity index (χ1) is 19.7. The number of carbonyl (C=O) groups excluding carboxylic acids is 1. The Morgan fingerprint density at radius 3 is 2.30 bits per heavy atom. The fourth-order valence-corrected chi connectivity index (χ4v) is 5.63. The number of hydrogen-bond acceptors (Lipinski definition) is 5. The first kappa shape index (κ1) is 25.5. The van der Waals surface area contributed by atoms with Gasteiger partial charge in [0.2, 0.25) is 0 Å². The quantitative estimate of drug-likeness (QED) is 0.194. The highest BCUT2D eigenvalue weighted by molar-refractivity contribution is 8.19. The second-order valence-electron chi connectivity index (χ2n) is 9.12. The van der Waals surface area contributed by atoms with E-state index in [4.69, 9.17) is 14.5 Å². The number of methoxy groups -OCH3 is 1. The standard InChI is InChI=1S/C34H26N2O3S/c1-38-30-21-11-14-25(32(30)39-23-26-15-10-13-24-12-8-9-20-29(24)26)22-31-33(37)36(28-18-6-3-7-19-28)34(40-31)35-27-16-4-2-5-17-27/h2-22H,23H2,1H3/b31-22+,35-34?. The van der Waals surface area contributed by atoms with Gasteiger partial charge in [-0.1, -0.05) is 91.0 Å². The summed E-state index contributed by atoms with van der Waals surface area (Å²) in [6.45, 7) is 0.357. The number of carbonyl (C=O) groups is 1. The van der Waals surface area contributed by atoms with Crippen LogP contribution in [0.25, 0.3) is 16.8 Å². The zero-order chi connectivity index (χ0) is 27.3. The van der Waals surface area contributed by atoms with E-state index in [0.29, 0.717) is 28.2 Å². The number of ether oxygens (including phenoxy) is 2. The Kier molecular flexibility index (Phi) is 7.33. The van der Waals surface area contributed by atoms with Crippen LogP contribution < -0.4 is 14.4 Å². The van der Waals surface area contributed by atoms with Gasteiger partial charge in [-0.2, -0.15) is 0 Å². The molecule has 1 aliphatic rings. The summed E-state index contributed by atoms with van der Waals surface area (Å²) in [7, 11) is 1.62. The molecule has 0 atom stereocenters. The van der Waals surface area contributed by atoms with Crippen molar-refractivity contribution in [2.75, 3.05) is 12.0 Å². The fourth-order valence-electron chi connectivity index (χ4n) is 4.64. The van der Waals surface area contributed by atoms with E-state index in [1.807, 2.05) is 103 Å². The molecule has 0 N–H and O–H groups in total. The molecule has 6 heteroatoms. The summed E-state index contributed by atoms with van der Waals surface area (Å²) in [5.74, 6) is 1.04. The van der Waals surface area contributed by atoms with Gasteiger partial charge >= 0.3 is 0 Å². The monoisotopic (exact) mass is 542 g/mol. The smallest absolute Gasteiger partial charge is 0.271 e. The molecule has 0 saturated carbocycles. The summed E-state index contributed by atoms with van der Waals surface area (Å²) in [4.78, 5) is 20.8. The van der Waals surface area contributed by atoms with Gasteiger partial charge in [0.1, 0.15) is 6.61 Å². The molecule has 0 radical (unpaired) electrons. The van der Waals surface area contributed by atoms with Crippen LogP contribution in [0, 0.1) is 0 Å². The van der Waals surface area contributed by atoms with E-state index < -0.39 is 0 Å². The molecule has 1 amide bonds. The number of nitrogens with zero attached hydrogens (tertiary/aromatic N) is 2. The molecule has 196 valence electrons. The summed E-state index contributed by atoms with van der Waals surface area (Å²) < 4.78 is 12.1. The number of benzene rings is 5. The molecule has 0 aliphatic carbocycles. The fraction of sp³-hybridized carbons (Fsp3) is 0.0588. The molecule has 0 aromatic heterocycles. The zero-order valence-electron chi connectivity index (χ0n) is 21.9. The third kappa shape index (κ3) is 5.22. The highest BCUT2D eigenvalue weighted by Crippen LogP contribution is 2.40. The first-order valence-electron chi connectivity index (χ1n) is 12.9. The van der Waals surface area contributed by atoms with Crippen LogP contribution in [-0.2, 0) is 11.4 Å². The van der Waals surface area contributed by atoms with Crippen LogP contribution >= 0.6 is 11.8 Å². The molecule has 1 heterocycles. The van der Waals surface area contributed by atoms with E-state index >= 15 is 0 Å². The predicted molar refractivity (Wildman–Crippen MR) is 164 cm³/mol. The number of para-hydroxylation sites is 3. The Balaban J connectivity index is 1.37. The third-order valence-electron chi connectivity index (χ3n) is 6.57. The van der Waals surface area contributed by atoms with Gasteiger partial charge in [0.05, 0.1) is 23.4 Å². The van der Waals surface area contributed by atoms with Gasteiger partial charge in [-0.15, -0.1) is 0 Å². The van der Waals surface area contributed by atoms with Crippen LogP contribution in [0.3, 0.4) is 0 Å². The minimum atomic E-state index is -0.145. The molecule has 6 rings (SSSR count). The third-order valence-corrected chi connectivity index (χ3v) is 7.54. The van der Waals surface area contributed by atoms with Crippen LogP contribution in [0.4, 0.5) is 11.4 Å². The molecule has 5 aromatic carbocycles.